The minimum absolute atomic E-state index is 0.125. The smallest absolute Gasteiger partial charge is 0.252 e. The molecular weight excluding hydrogens is 428 g/mol. The Hall–Kier alpha value is -2.78. The number of nitrogens with zero attached hydrogens (tertiary/aromatic N) is 4. The standard InChI is InChI=1S/C22H32N6O5/c1-3-14-5-8-22(32,9-6-14)10-7-16-26-19(23)17-20(27-16)28(12-25-17)13-33-18(15(30)11-29)21(31)24-4-2/h12,14-15,18,29-30,32H,3-6,8-9,11,13H2,1-2H3,(H,24,31)(H2,23,26,27)/t14?,15?,18-,22?/m0/s1. The van der Waals surface area contributed by atoms with Crippen LogP contribution in [0.25, 0.3) is 11.2 Å². The van der Waals surface area contributed by atoms with Crippen molar-refractivity contribution in [3.8, 4) is 11.8 Å². The summed E-state index contributed by atoms with van der Waals surface area (Å²) in [6.07, 6.45) is 2.93. The highest BCUT2D eigenvalue weighted by atomic mass is 16.5. The number of nitrogens with one attached hydrogen (secondary N) is 1. The third kappa shape index (κ3) is 5.97. The van der Waals surface area contributed by atoms with E-state index in [1.165, 1.54) is 10.9 Å². The van der Waals surface area contributed by atoms with Crippen molar-refractivity contribution in [2.75, 3.05) is 18.9 Å². The van der Waals surface area contributed by atoms with Gasteiger partial charge in [0.05, 0.1) is 12.9 Å². The predicted molar refractivity (Wildman–Crippen MR) is 120 cm³/mol. The molecule has 1 unspecified atom stereocenters. The van der Waals surface area contributed by atoms with E-state index in [4.69, 9.17) is 10.5 Å². The van der Waals surface area contributed by atoms with E-state index in [2.05, 4.69) is 39.0 Å². The van der Waals surface area contributed by atoms with E-state index in [-0.39, 0.29) is 18.4 Å². The molecule has 0 radical (unpaired) electrons. The van der Waals surface area contributed by atoms with E-state index in [1.807, 2.05) is 0 Å². The summed E-state index contributed by atoms with van der Waals surface area (Å²) in [7, 11) is 0. The van der Waals surface area contributed by atoms with Crippen molar-refractivity contribution in [3.05, 3.63) is 12.2 Å². The molecule has 0 spiro atoms. The van der Waals surface area contributed by atoms with Crippen molar-refractivity contribution in [2.45, 2.75) is 70.5 Å². The summed E-state index contributed by atoms with van der Waals surface area (Å²) in [5.41, 5.74) is 5.63. The average Bonchev–Trinajstić information content (AvgIpc) is 3.22. The maximum atomic E-state index is 12.2. The van der Waals surface area contributed by atoms with Gasteiger partial charge in [-0.15, -0.1) is 0 Å². The maximum Gasteiger partial charge on any atom is 0.252 e. The zero-order valence-electron chi connectivity index (χ0n) is 19.0. The van der Waals surface area contributed by atoms with Gasteiger partial charge in [0, 0.05) is 6.54 Å². The molecule has 2 aromatic heterocycles. The van der Waals surface area contributed by atoms with Crippen LogP contribution in [0.2, 0.25) is 0 Å². The fraction of sp³-hybridized carbons (Fsp3) is 0.636. The number of nitrogens with two attached hydrogens (primary N) is 1. The summed E-state index contributed by atoms with van der Waals surface area (Å²) < 4.78 is 7.05. The number of aliphatic hydroxyl groups excluding tert-OH is 2. The van der Waals surface area contributed by atoms with Gasteiger partial charge in [0.15, 0.2) is 17.6 Å². The quantitative estimate of drug-likeness (QED) is 0.338. The van der Waals surface area contributed by atoms with Gasteiger partial charge in [0.25, 0.3) is 5.91 Å². The van der Waals surface area contributed by atoms with Crippen LogP contribution in [0.5, 0.6) is 0 Å². The molecule has 0 bridgehead atoms. The van der Waals surface area contributed by atoms with Crippen LogP contribution in [-0.2, 0) is 16.3 Å². The highest BCUT2D eigenvalue weighted by molar-refractivity contribution is 5.82. The number of hydrogen-bond acceptors (Lipinski definition) is 9. The van der Waals surface area contributed by atoms with Crippen molar-refractivity contribution in [3.63, 3.8) is 0 Å². The number of nitrogen functional groups attached to an aromatic ring is 1. The van der Waals surface area contributed by atoms with Gasteiger partial charge in [-0.25, -0.2) is 15.0 Å². The highest BCUT2D eigenvalue weighted by Crippen LogP contribution is 2.33. The van der Waals surface area contributed by atoms with E-state index >= 15 is 0 Å². The van der Waals surface area contributed by atoms with Crippen molar-refractivity contribution in [2.24, 2.45) is 5.92 Å². The van der Waals surface area contributed by atoms with E-state index in [0.717, 1.165) is 19.3 Å². The summed E-state index contributed by atoms with van der Waals surface area (Å²) in [5, 5.41) is 32.5. The molecule has 6 N–H and O–H groups in total. The van der Waals surface area contributed by atoms with E-state index < -0.39 is 30.3 Å². The molecule has 1 aliphatic carbocycles. The van der Waals surface area contributed by atoms with E-state index in [1.54, 1.807) is 6.92 Å². The van der Waals surface area contributed by atoms with Crippen LogP contribution in [0.15, 0.2) is 6.33 Å². The number of ether oxygens (including phenoxy) is 1. The van der Waals surface area contributed by atoms with Crippen LogP contribution < -0.4 is 11.1 Å². The molecule has 33 heavy (non-hydrogen) atoms. The van der Waals surface area contributed by atoms with Gasteiger partial charge in [-0.2, -0.15) is 0 Å². The Morgan fingerprint density at radius 1 is 1.39 bits per heavy atom. The van der Waals surface area contributed by atoms with E-state index in [0.29, 0.717) is 36.5 Å². The molecule has 0 saturated heterocycles. The zero-order chi connectivity index (χ0) is 24.0. The lowest BCUT2D eigenvalue weighted by Gasteiger charge is -2.31. The Labute approximate surface area is 192 Å². The second kappa shape index (κ2) is 10.9. The van der Waals surface area contributed by atoms with Crippen LogP contribution in [0, 0.1) is 17.8 Å². The first-order chi connectivity index (χ1) is 15.8. The van der Waals surface area contributed by atoms with Gasteiger partial charge in [0.1, 0.15) is 24.0 Å². The lowest BCUT2D eigenvalue weighted by Crippen LogP contribution is -2.45. The third-order valence-electron chi connectivity index (χ3n) is 5.95. The summed E-state index contributed by atoms with van der Waals surface area (Å²) in [5.74, 6) is 6.10. The molecule has 1 amide bonds. The molecule has 0 aliphatic heterocycles. The molecule has 180 valence electrons. The number of rotatable bonds is 8. The van der Waals surface area contributed by atoms with Gasteiger partial charge in [-0.1, -0.05) is 19.3 Å². The minimum Gasteiger partial charge on any atom is -0.394 e. The third-order valence-corrected chi connectivity index (χ3v) is 5.95. The molecule has 3 rings (SSSR count). The molecule has 2 heterocycles. The Morgan fingerprint density at radius 2 is 2.12 bits per heavy atom. The second-order valence-corrected chi connectivity index (χ2v) is 8.31. The van der Waals surface area contributed by atoms with Crippen LogP contribution in [0.1, 0.15) is 51.8 Å². The fourth-order valence-electron chi connectivity index (χ4n) is 3.87. The number of aliphatic hydroxyl groups is 3. The average molecular weight is 461 g/mol. The number of amides is 1. The number of fused-ring (bicyclic) bond motifs is 1. The molecule has 1 fully saturated rings. The van der Waals surface area contributed by atoms with Crippen LogP contribution in [-0.4, -0.2) is 71.7 Å². The lowest BCUT2D eigenvalue weighted by molar-refractivity contribution is -0.147. The molecule has 11 heteroatoms. The zero-order valence-corrected chi connectivity index (χ0v) is 19.0. The second-order valence-electron chi connectivity index (χ2n) is 8.31. The normalized spacial score (nSPS) is 22.4. The van der Waals surface area contributed by atoms with Gasteiger partial charge in [0.2, 0.25) is 5.82 Å². The predicted octanol–water partition coefficient (Wildman–Crippen LogP) is -0.0767. The number of carbonyl (C=O) groups excluding carboxylic acids is 1. The largest absolute Gasteiger partial charge is 0.394 e. The fourth-order valence-corrected chi connectivity index (χ4v) is 3.87. The van der Waals surface area contributed by atoms with Gasteiger partial charge >= 0.3 is 0 Å². The number of imidazole rings is 1. The Morgan fingerprint density at radius 3 is 2.76 bits per heavy atom. The SMILES string of the molecule is CCNC(=O)[C@@H](OCn1cnc2c(N)nc(C#CC3(O)CCC(CC)CC3)nc21)C(O)CO. The summed E-state index contributed by atoms with van der Waals surface area (Å²) >= 11 is 0. The molecule has 1 saturated carbocycles. The first-order valence-electron chi connectivity index (χ1n) is 11.2. The Balaban J connectivity index is 1.80. The molecule has 2 aromatic rings. The first-order valence-corrected chi connectivity index (χ1v) is 11.2. The van der Waals surface area contributed by atoms with Gasteiger partial charge in [-0.3, -0.25) is 9.36 Å². The van der Waals surface area contributed by atoms with Gasteiger partial charge in [-0.05, 0) is 44.4 Å². The van der Waals surface area contributed by atoms with E-state index in [9.17, 15) is 20.1 Å². The molecule has 0 aromatic carbocycles. The van der Waals surface area contributed by atoms with Crippen molar-refractivity contribution in [1.82, 2.24) is 24.8 Å². The topological polar surface area (TPSA) is 169 Å². The maximum absolute atomic E-state index is 12.2. The number of anilines is 1. The van der Waals surface area contributed by atoms with Crippen molar-refractivity contribution < 1.29 is 24.9 Å². The summed E-state index contributed by atoms with van der Waals surface area (Å²) in [4.78, 5) is 24.9. The molecule has 11 nitrogen and oxygen atoms in total. The molecule has 1 aliphatic rings. The summed E-state index contributed by atoms with van der Waals surface area (Å²) in [6, 6.07) is 0. The van der Waals surface area contributed by atoms with Gasteiger partial charge < -0.3 is 31.1 Å². The summed E-state index contributed by atoms with van der Waals surface area (Å²) in [6.45, 7) is 3.42. The lowest BCUT2D eigenvalue weighted by atomic mass is 9.78. The first kappa shape index (κ1) is 24.9. The van der Waals surface area contributed by atoms with Crippen LogP contribution in [0.3, 0.4) is 0 Å². The highest BCUT2D eigenvalue weighted by Gasteiger charge is 2.31. The van der Waals surface area contributed by atoms with Crippen molar-refractivity contribution in [1.29, 1.82) is 0 Å². The molecular formula is C22H32N6O5. The monoisotopic (exact) mass is 460 g/mol. The molecule has 2 atom stereocenters. The van der Waals surface area contributed by atoms with Crippen molar-refractivity contribution >= 4 is 22.9 Å². The number of carbonyl (C=O) groups is 1. The number of hydrogen-bond donors (Lipinski definition) is 5. The number of likely N-dealkylation sites (N-methyl/N-ethyl adjacent to an activating group) is 1. The Kier molecular flexibility index (Phi) is 8.20. The number of aromatic nitrogens is 4. The Bertz CT molecular complexity index is 1020. The van der Waals surface area contributed by atoms with Crippen LogP contribution >= 0.6 is 0 Å². The van der Waals surface area contributed by atoms with Crippen LogP contribution in [0.4, 0.5) is 5.82 Å². The minimum atomic E-state index is -1.39.